The van der Waals surface area contributed by atoms with Crippen LogP contribution < -0.4 is 15.0 Å². The van der Waals surface area contributed by atoms with Crippen LogP contribution in [0.3, 0.4) is 0 Å². The highest BCUT2D eigenvalue weighted by atomic mass is 35.5. The third-order valence-electron chi connectivity index (χ3n) is 4.67. The van der Waals surface area contributed by atoms with Gasteiger partial charge in [0.1, 0.15) is 5.75 Å². The van der Waals surface area contributed by atoms with Crippen molar-refractivity contribution in [3.63, 3.8) is 0 Å². The predicted molar refractivity (Wildman–Crippen MR) is 129 cm³/mol. The van der Waals surface area contributed by atoms with E-state index < -0.39 is 23.8 Å². The lowest BCUT2D eigenvalue weighted by Gasteiger charge is -2.14. The number of amides is 2. The fourth-order valence-electron chi connectivity index (χ4n) is 3.14. The van der Waals surface area contributed by atoms with E-state index in [2.05, 4.69) is 15.0 Å². The van der Waals surface area contributed by atoms with Crippen molar-refractivity contribution >= 4 is 35.5 Å². The lowest BCUT2D eigenvalue weighted by Crippen LogP contribution is -2.26. The molecule has 8 nitrogen and oxygen atoms in total. The number of alkyl halides is 3. The fraction of sp³-hybridized carbons (Fsp3) is 0.250. The van der Waals surface area contributed by atoms with Gasteiger partial charge in [0.2, 0.25) is 12.2 Å². The van der Waals surface area contributed by atoms with Gasteiger partial charge in [0.05, 0.1) is 6.54 Å². The van der Waals surface area contributed by atoms with Crippen molar-refractivity contribution in [1.29, 1.82) is 0 Å². The maximum absolute atomic E-state index is 13.3. The Balaban J connectivity index is 0.00000222. The molecular weight excluding hydrogens is 501 g/mol. The van der Waals surface area contributed by atoms with E-state index in [0.29, 0.717) is 17.0 Å². The minimum Gasteiger partial charge on any atom is -0.406 e. The normalized spacial score (nSPS) is 10.7. The summed E-state index contributed by atoms with van der Waals surface area (Å²) < 4.78 is 43.1. The van der Waals surface area contributed by atoms with Crippen LogP contribution in [0.15, 0.2) is 48.5 Å². The molecule has 0 saturated heterocycles. The molecule has 3 rings (SSSR count). The Kier molecular flexibility index (Phi) is 9.62. The van der Waals surface area contributed by atoms with Crippen molar-refractivity contribution in [1.82, 2.24) is 14.9 Å². The minimum absolute atomic E-state index is 0.0144. The Labute approximate surface area is 210 Å². The molecule has 2 aromatic carbocycles. The standard InChI is InChI=1S/C22H18ClF3N4O4.C2H6/c1-27-21(33)17-19(29(2)12-31)28-20(30(17)11-13-6-8-15(23)9-7-13)18(32)14-4-3-5-16(10-14)34-22(24,25)26;1-2/h3-10,12H,11H2,1-2H3,(H,27,33);1-2H3. The smallest absolute Gasteiger partial charge is 0.406 e. The first-order valence-corrected chi connectivity index (χ1v) is 11.1. The highest BCUT2D eigenvalue weighted by Gasteiger charge is 2.32. The predicted octanol–water partition coefficient (Wildman–Crippen LogP) is 4.69. The van der Waals surface area contributed by atoms with Crippen molar-refractivity contribution < 1.29 is 32.3 Å². The van der Waals surface area contributed by atoms with Crippen LogP contribution in [0.5, 0.6) is 5.75 Å². The molecule has 0 aliphatic carbocycles. The number of imidazole rings is 1. The molecule has 0 saturated carbocycles. The third kappa shape index (κ3) is 6.85. The van der Waals surface area contributed by atoms with Crippen molar-refractivity contribution in [3.05, 3.63) is 76.2 Å². The van der Waals surface area contributed by atoms with E-state index >= 15 is 0 Å². The van der Waals surface area contributed by atoms with Gasteiger partial charge in [-0.25, -0.2) is 4.98 Å². The summed E-state index contributed by atoms with van der Waals surface area (Å²) in [5, 5.41) is 2.92. The second-order valence-electron chi connectivity index (χ2n) is 7.02. The Morgan fingerprint density at radius 3 is 2.36 bits per heavy atom. The summed E-state index contributed by atoms with van der Waals surface area (Å²) >= 11 is 5.93. The molecule has 0 unspecified atom stereocenters. The van der Waals surface area contributed by atoms with Crippen LogP contribution >= 0.6 is 11.6 Å². The number of ether oxygens (including phenoxy) is 1. The molecule has 0 bridgehead atoms. The van der Waals surface area contributed by atoms with Crippen LogP contribution in [0.2, 0.25) is 5.02 Å². The van der Waals surface area contributed by atoms with Crippen molar-refractivity contribution in [2.75, 3.05) is 19.0 Å². The van der Waals surface area contributed by atoms with Gasteiger partial charge in [-0.15, -0.1) is 13.2 Å². The average Bonchev–Trinajstić information content (AvgIpc) is 3.23. The van der Waals surface area contributed by atoms with Crippen LogP contribution in [-0.2, 0) is 11.3 Å². The molecule has 0 spiro atoms. The minimum atomic E-state index is -4.94. The lowest BCUT2D eigenvalue weighted by molar-refractivity contribution is -0.274. The second-order valence-corrected chi connectivity index (χ2v) is 7.46. The number of hydrogen-bond acceptors (Lipinski definition) is 5. The number of rotatable bonds is 8. The summed E-state index contributed by atoms with van der Waals surface area (Å²) in [6, 6.07) is 11.0. The molecule has 1 heterocycles. The lowest BCUT2D eigenvalue weighted by atomic mass is 10.1. The zero-order chi connectivity index (χ0) is 27.0. The van der Waals surface area contributed by atoms with E-state index in [1.54, 1.807) is 24.3 Å². The number of carbonyl (C=O) groups is 3. The third-order valence-corrected chi connectivity index (χ3v) is 4.92. The monoisotopic (exact) mass is 524 g/mol. The van der Waals surface area contributed by atoms with E-state index in [1.165, 1.54) is 30.8 Å². The molecule has 0 aliphatic heterocycles. The summed E-state index contributed by atoms with van der Waals surface area (Å²) in [7, 11) is 2.71. The maximum atomic E-state index is 13.3. The first kappa shape index (κ1) is 28.4. The van der Waals surface area contributed by atoms with Crippen molar-refractivity contribution in [2.24, 2.45) is 0 Å². The molecule has 0 atom stereocenters. The summed E-state index contributed by atoms with van der Waals surface area (Å²) in [6.07, 6.45) is -4.53. The second kappa shape index (κ2) is 12.2. The molecule has 36 heavy (non-hydrogen) atoms. The molecule has 1 aromatic heterocycles. The zero-order valence-corrected chi connectivity index (χ0v) is 20.6. The SMILES string of the molecule is CC.CNC(=O)c1c(N(C)C=O)nc(C(=O)c2cccc(OC(F)(F)F)c2)n1Cc1ccc(Cl)cc1. The van der Waals surface area contributed by atoms with Crippen LogP contribution in [0, 0.1) is 0 Å². The van der Waals surface area contributed by atoms with Gasteiger partial charge in [-0.2, -0.15) is 0 Å². The van der Waals surface area contributed by atoms with Crippen LogP contribution in [0.4, 0.5) is 19.0 Å². The molecule has 0 fully saturated rings. The molecule has 0 aliphatic rings. The van der Waals surface area contributed by atoms with Crippen LogP contribution in [-0.4, -0.2) is 48.1 Å². The number of nitrogens with one attached hydrogen (secondary N) is 1. The van der Waals surface area contributed by atoms with Gasteiger partial charge in [-0.05, 0) is 29.8 Å². The average molecular weight is 525 g/mol. The zero-order valence-electron chi connectivity index (χ0n) is 19.9. The quantitative estimate of drug-likeness (QED) is 0.341. The first-order valence-electron chi connectivity index (χ1n) is 10.7. The number of carbonyl (C=O) groups excluding carboxylic acids is 3. The van der Waals surface area contributed by atoms with E-state index in [4.69, 9.17) is 11.6 Å². The highest BCUT2D eigenvalue weighted by Crippen LogP contribution is 2.27. The van der Waals surface area contributed by atoms with E-state index in [0.717, 1.165) is 17.0 Å². The molecular formula is C24H24ClF3N4O4. The van der Waals surface area contributed by atoms with E-state index in [9.17, 15) is 27.6 Å². The van der Waals surface area contributed by atoms with E-state index in [-0.39, 0.29) is 29.4 Å². The Bertz CT molecular complexity index is 1230. The number of aromatic nitrogens is 2. The molecule has 12 heteroatoms. The Morgan fingerprint density at radius 2 is 1.81 bits per heavy atom. The molecule has 0 radical (unpaired) electrons. The van der Waals surface area contributed by atoms with Gasteiger partial charge >= 0.3 is 6.36 Å². The van der Waals surface area contributed by atoms with Gasteiger partial charge in [-0.1, -0.05) is 49.7 Å². The van der Waals surface area contributed by atoms with Crippen LogP contribution in [0.25, 0.3) is 0 Å². The summed E-state index contributed by atoms with van der Waals surface area (Å²) in [4.78, 5) is 42.7. The van der Waals surface area contributed by atoms with Crippen molar-refractivity contribution in [2.45, 2.75) is 26.8 Å². The molecule has 1 N–H and O–H groups in total. The van der Waals surface area contributed by atoms with E-state index in [1.807, 2.05) is 13.8 Å². The number of nitrogens with zero attached hydrogens (tertiary/aromatic N) is 3. The number of benzene rings is 2. The first-order chi connectivity index (χ1) is 17.0. The summed E-state index contributed by atoms with van der Waals surface area (Å²) in [5.41, 5.74) is 0.404. The van der Waals surface area contributed by atoms with Gasteiger partial charge in [0.15, 0.2) is 17.3 Å². The fourth-order valence-corrected chi connectivity index (χ4v) is 3.27. The Morgan fingerprint density at radius 1 is 1.17 bits per heavy atom. The molecule has 3 aromatic rings. The number of ketones is 1. The maximum Gasteiger partial charge on any atom is 0.573 e. The summed E-state index contributed by atoms with van der Waals surface area (Å²) in [6.45, 7) is 3.99. The summed E-state index contributed by atoms with van der Waals surface area (Å²) in [5.74, 6) is -2.36. The number of hydrogen-bond donors (Lipinski definition) is 1. The van der Waals surface area contributed by atoms with Crippen LogP contribution in [0.1, 0.15) is 46.1 Å². The Hall–Kier alpha value is -3.86. The number of halogens is 4. The van der Waals surface area contributed by atoms with Gasteiger partial charge in [0, 0.05) is 24.7 Å². The molecule has 192 valence electrons. The highest BCUT2D eigenvalue weighted by molar-refractivity contribution is 6.30. The largest absolute Gasteiger partial charge is 0.573 e. The van der Waals surface area contributed by atoms with Gasteiger partial charge in [0.25, 0.3) is 5.91 Å². The topological polar surface area (TPSA) is 93.5 Å². The van der Waals surface area contributed by atoms with Gasteiger partial charge in [-0.3, -0.25) is 14.4 Å². The van der Waals surface area contributed by atoms with Crippen molar-refractivity contribution in [3.8, 4) is 5.75 Å². The molecule has 2 amide bonds. The van der Waals surface area contributed by atoms with Gasteiger partial charge < -0.3 is 19.5 Å². The number of anilines is 1.